The first kappa shape index (κ1) is 10.4. The van der Waals surface area contributed by atoms with E-state index >= 15 is 0 Å². The Balaban J connectivity index is 1.89. The van der Waals surface area contributed by atoms with E-state index in [1.54, 1.807) is 0 Å². The highest BCUT2D eigenvalue weighted by molar-refractivity contribution is 4.90. The molecule has 0 radical (unpaired) electrons. The van der Waals surface area contributed by atoms with Gasteiger partial charge >= 0.3 is 0 Å². The van der Waals surface area contributed by atoms with Gasteiger partial charge in [-0.2, -0.15) is 0 Å². The first-order valence-electron chi connectivity index (χ1n) is 5.65. The highest BCUT2D eigenvalue weighted by Gasteiger charge is 2.34. The standard InChI is InChI=1S/C11H22N2O/c1-11(2)6-9(4-5-14-11)13(3)10-7-12-8-10/h9-10,12H,4-8H2,1-3H3. The first-order chi connectivity index (χ1) is 6.58. The third-order valence-corrected chi connectivity index (χ3v) is 3.58. The maximum Gasteiger partial charge on any atom is 0.0641 e. The lowest BCUT2D eigenvalue weighted by Gasteiger charge is -2.45. The molecule has 2 aliphatic rings. The summed E-state index contributed by atoms with van der Waals surface area (Å²) in [7, 11) is 2.26. The zero-order valence-electron chi connectivity index (χ0n) is 9.55. The van der Waals surface area contributed by atoms with Gasteiger partial charge in [-0.15, -0.1) is 0 Å². The molecule has 2 saturated heterocycles. The SMILES string of the molecule is CN(C1CNC1)C1CCOC(C)(C)C1. The quantitative estimate of drug-likeness (QED) is 0.712. The molecule has 0 amide bonds. The van der Waals surface area contributed by atoms with Gasteiger partial charge in [0, 0.05) is 31.8 Å². The third kappa shape index (κ3) is 2.10. The van der Waals surface area contributed by atoms with Crippen LogP contribution in [0.25, 0.3) is 0 Å². The number of nitrogens with zero attached hydrogens (tertiary/aromatic N) is 1. The van der Waals surface area contributed by atoms with Gasteiger partial charge in [0.25, 0.3) is 0 Å². The van der Waals surface area contributed by atoms with Gasteiger partial charge in [0.05, 0.1) is 5.60 Å². The minimum atomic E-state index is 0.0777. The Bertz CT molecular complexity index is 201. The molecule has 2 aliphatic heterocycles. The van der Waals surface area contributed by atoms with Crippen LogP contribution >= 0.6 is 0 Å². The van der Waals surface area contributed by atoms with Crippen LogP contribution in [-0.4, -0.2) is 49.3 Å². The molecule has 0 saturated carbocycles. The number of rotatable bonds is 2. The largest absolute Gasteiger partial charge is 0.375 e. The van der Waals surface area contributed by atoms with Gasteiger partial charge < -0.3 is 10.1 Å². The maximum absolute atomic E-state index is 5.73. The van der Waals surface area contributed by atoms with Crippen molar-refractivity contribution in [1.82, 2.24) is 10.2 Å². The molecule has 0 aromatic heterocycles. The van der Waals surface area contributed by atoms with E-state index < -0.39 is 0 Å². The van der Waals surface area contributed by atoms with Crippen molar-refractivity contribution in [2.24, 2.45) is 0 Å². The normalized spacial score (nSPS) is 33.0. The fourth-order valence-corrected chi connectivity index (χ4v) is 2.41. The maximum atomic E-state index is 5.73. The van der Waals surface area contributed by atoms with Gasteiger partial charge in [-0.05, 0) is 33.7 Å². The molecule has 0 aliphatic carbocycles. The van der Waals surface area contributed by atoms with Gasteiger partial charge in [-0.3, -0.25) is 4.90 Å². The molecule has 2 fully saturated rings. The number of likely N-dealkylation sites (N-methyl/N-ethyl adjacent to an activating group) is 1. The van der Waals surface area contributed by atoms with Crippen LogP contribution in [0.4, 0.5) is 0 Å². The predicted molar refractivity (Wildman–Crippen MR) is 57.5 cm³/mol. The second-order valence-electron chi connectivity index (χ2n) is 5.23. The Kier molecular flexibility index (Phi) is 2.82. The van der Waals surface area contributed by atoms with Crippen LogP contribution in [0.5, 0.6) is 0 Å². The summed E-state index contributed by atoms with van der Waals surface area (Å²) in [5, 5.41) is 3.33. The van der Waals surface area contributed by atoms with Crippen molar-refractivity contribution < 1.29 is 4.74 Å². The molecule has 0 bridgehead atoms. The first-order valence-corrected chi connectivity index (χ1v) is 5.65. The van der Waals surface area contributed by atoms with Crippen molar-refractivity contribution in [3.05, 3.63) is 0 Å². The molecular formula is C11H22N2O. The molecule has 82 valence electrons. The van der Waals surface area contributed by atoms with Gasteiger partial charge in [0.15, 0.2) is 0 Å². The number of nitrogens with one attached hydrogen (secondary N) is 1. The zero-order chi connectivity index (χ0) is 10.2. The van der Waals surface area contributed by atoms with E-state index in [1.807, 2.05) is 0 Å². The number of hydrogen-bond acceptors (Lipinski definition) is 3. The second kappa shape index (κ2) is 3.80. The van der Waals surface area contributed by atoms with Gasteiger partial charge in [-0.25, -0.2) is 0 Å². The molecule has 3 heteroatoms. The summed E-state index contributed by atoms with van der Waals surface area (Å²) in [6.07, 6.45) is 2.36. The summed E-state index contributed by atoms with van der Waals surface area (Å²) in [6, 6.07) is 1.47. The Morgan fingerprint density at radius 2 is 2.00 bits per heavy atom. The van der Waals surface area contributed by atoms with Crippen LogP contribution in [0.2, 0.25) is 0 Å². The Labute approximate surface area is 86.8 Å². The topological polar surface area (TPSA) is 24.5 Å². The van der Waals surface area contributed by atoms with Crippen LogP contribution in [0.1, 0.15) is 26.7 Å². The van der Waals surface area contributed by atoms with E-state index in [1.165, 1.54) is 12.8 Å². The van der Waals surface area contributed by atoms with Gasteiger partial charge in [0.2, 0.25) is 0 Å². The molecule has 1 unspecified atom stereocenters. The van der Waals surface area contributed by atoms with Gasteiger partial charge in [0.1, 0.15) is 0 Å². The molecule has 0 aromatic carbocycles. The number of hydrogen-bond donors (Lipinski definition) is 1. The average molecular weight is 198 g/mol. The summed E-state index contributed by atoms with van der Waals surface area (Å²) in [5.41, 5.74) is 0.0777. The summed E-state index contributed by atoms with van der Waals surface area (Å²) < 4.78 is 5.73. The highest BCUT2D eigenvalue weighted by Crippen LogP contribution is 2.28. The molecule has 2 heterocycles. The van der Waals surface area contributed by atoms with E-state index in [9.17, 15) is 0 Å². The molecular weight excluding hydrogens is 176 g/mol. The predicted octanol–water partition coefficient (Wildman–Crippen LogP) is 0.848. The lowest BCUT2D eigenvalue weighted by molar-refractivity contribution is -0.0874. The minimum Gasteiger partial charge on any atom is -0.375 e. The smallest absolute Gasteiger partial charge is 0.0641 e. The Hall–Kier alpha value is -0.120. The lowest BCUT2D eigenvalue weighted by Crippen LogP contribution is -2.60. The Morgan fingerprint density at radius 1 is 1.29 bits per heavy atom. The van der Waals surface area contributed by atoms with Crippen molar-refractivity contribution >= 4 is 0 Å². The van der Waals surface area contributed by atoms with E-state index in [-0.39, 0.29) is 5.60 Å². The van der Waals surface area contributed by atoms with E-state index in [4.69, 9.17) is 4.74 Å². The van der Waals surface area contributed by atoms with Crippen LogP contribution < -0.4 is 5.32 Å². The highest BCUT2D eigenvalue weighted by atomic mass is 16.5. The van der Waals surface area contributed by atoms with Crippen molar-refractivity contribution in [2.45, 2.75) is 44.4 Å². The van der Waals surface area contributed by atoms with Crippen LogP contribution in [-0.2, 0) is 4.74 Å². The fourth-order valence-electron chi connectivity index (χ4n) is 2.41. The van der Waals surface area contributed by atoms with Crippen molar-refractivity contribution in [3.63, 3.8) is 0 Å². The Morgan fingerprint density at radius 3 is 2.50 bits per heavy atom. The zero-order valence-corrected chi connectivity index (χ0v) is 9.55. The van der Waals surface area contributed by atoms with E-state index in [0.29, 0.717) is 6.04 Å². The molecule has 14 heavy (non-hydrogen) atoms. The average Bonchev–Trinajstić information content (AvgIpc) is 1.99. The second-order valence-corrected chi connectivity index (χ2v) is 5.23. The van der Waals surface area contributed by atoms with Crippen LogP contribution in [0.3, 0.4) is 0 Å². The van der Waals surface area contributed by atoms with E-state index in [2.05, 4.69) is 31.1 Å². The summed E-state index contributed by atoms with van der Waals surface area (Å²) >= 11 is 0. The molecule has 1 N–H and O–H groups in total. The summed E-state index contributed by atoms with van der Waals surface area (Å²) in [4.78, 5) is 2.54. The number of ether oxygens (including phenoxy) is 1. The summed E-state index contributed by atoms with van der Waals surface area (Å²) in [5.74, 6) is 0. The lowest BCUT2D eigenvalue weighted by atomic mass is 9.91. The molecule has 3 nitrogen and oxygen atoms in total. The minimum absolute atomic E-state index is 0.0777. The molecule has 0 spiro atoms. The third-order valence-electron chi connectivity index (χ3n) is 3.58. The monoisotopic (exact) mass is 198 g/mol. The fraction of sp³-hybridized carbons (Fsp3) is 1.00. The van der Waals surface area contributed by atoms with Gasteiger partial charge in [-0.1, -0.05) is 0 Å². The van der Waals surface area contributed by atoms with Crippen molar-refractivity contribution in [1.29, 1.82) is 0 Å². The van der Waals surface area contributed by atoms with Crippen LogP contribution in [0.15, 0.2) is 0 Å². The molecule has 2 rings (SSSR count). The van der Waals surface area contributed by atoms with Crippen LogP contribution in [0, 0.1) is 0 Å². The summed E-state index contributed by atoms with van der Waals surface area (Å²) in [6.45, 7) is 7.64. The molecule has 0 aromatic rings. The van der Waals surface area contributed by atoms with Crippen molar-refractivity contribution in [2.75, 3.05) is 26.7 Å². The molecule has 1 atom stereocenters. The van der Waals surface area contributed by atoms with Crippen molar-refractivity contribution in [3.8, 4) is 0 Å². The van der Waals surface area contributed by atoms with E-state index in [0.717, 1.165) is 25.7 Å².